The van der Waals surface area contributed by atoms with Gasteiger partial charge in [-0.3, -0.25) is 4.79 Å². The number of ketones is 1. The Kier molecular flexibility index (Phi) is 4.46. The number of carbonyl (C=O) groups excluding carboxylic acids is 1. The lowest BCUT2D eigenvalue weighted by Gasteiger charge is -2.30. The van der Waals surface area contributed by atoms with Gasteiger partial charge in [-0.25, -0.2) is 9.02 Å². The Balaban J connectivity index is 1.61. The third kappa shape index (κ3) is 3.10. The summed E-state index contributed by atoms with van der Waals surface area (Å²) in [5.74, 6) is 1.15. The van der Waals surface area contributed by atoms with E-state index in [9.17, 15) is 9.18 Å². The molecule has 1 aliphatic carbocycles. The number of hydrogen-bond acceptors (Lipinski definition) is 7. The summed E-state index contributed by atoms with van der Waals surface area (Å²) in [6, 6.07) is 13.4. The molecular weight excluding hydrogens is 387 g/mol. The number of Topliss-reactive ketones (excluding diaryl/α,β-unsaturated/α-hetero) is 1. The molecule has 0 bridgehead atoms. The summed E-state index contributed by atoms with van der Waals surface area (Å²) >= 11 is 0. The van der Waals surface area contributed by atoms with Gasteiger partial charge in [-0.15, -0.1) is 0 Å². The molecule has 0 radical (unpaired) electrons. The third-order valence-corrected chi connectivity index (χ3v) is 5.63. The van der Waals surface area contributed by atoms with Crippen LogP contribution in [0.15, 0.2) is 64.4 Å². The minimum atomic E-state index is -0.474. The van der Waals surface area contributed by atoms with Crippen LogP contribution in [0.5, 0.6) is 5.75 Å². The van der Waals surface area contributed by atoms with Crippen LogP contribution in [-0.2, 0) is 4.79 Å². The highest BCUT2D eigenvalue weighted by Gasteiger charge is 2.38. The van der Waals surface area contributed by atoms with Gasteiger partial charge in [-0.1, -0.05) is 30.3 Å². The Hall–Kier alpha value is -3.68. The van der Waals surface area contributed by atoms with Crippen molar-refractivity contribution in [2.75, 3.05) is 17.7 Å². The Morgan fingerprint density at radius 1 is 1.07 bits per heavy atom. The van der Waals surface area contributed by atoms with Crippen molar-refractivity contribution in [1.82, 2.24) is 10.3 Å². The second kappa shape index (κ2) is 7.29. The number of benzene rings is 2. The number of rotatable bonds is 3. The van der Waals surface area contributed by atoms with Crippen LogP contribution in [-0.4, -0.2) is 23.2 Å². The maximum Gasteiger partial charge on any atom is 0.219 e. The van der Waals surface area contributed by atoms with Crippen molar-refractivity contribution in [3.63, 3.8) is 0 Å². The van der Waals surface area contributed by atoms with Crippen LogP contribution in [0.25, 0.3) is 0 Å². The standard InChI is InChI=1S/C22H19FN4O3/c1-29-18-5-3-2-4-15(18)20-19-16(24-21-22(25-20)27-30-26-21)10-13(11-17(19)28)12-6-8-14(23)9-7-12/h2-9,13,20H,10-11H2,1H3,(H,24,26)(H,25,27)/t13-,20+/m1/s1. The number of para-hydroxylation sites is 1. The molecule has 30 heavy (non-hydrogen) atoms. The molecule has 2 heterocycles. The Bertz CT molecular complexity index is 1140. The van der Waals surface area contributed by atoms with E-state index in [1.165, 1.54) is 12.1 Å². The van der Waals surface area contributed by atoms with Crippen molar-refractivity contribution in [1.29, 1.82) is 0 Å². The summed E-state index contributed by atoms with van der Waals surface area (Å²) in [5, 5.41) is 14.4. The van der Waals surface area contributed by atoms with Crippen LogP contribution in [0.2, 0.25) is 0 Å². The van der Waals surface area contributed by atoms with Crippen molar-refractivity contribution < 1.29 is 18.6 Å². The highest BCUT2D eigenvalue weighted by atomic mass is 19.1. The Morgan fingerprint density at radius 3 is 2.63 bits per heavy atom. The van der Waals surface area contributed by atoms with E-state index in [2.05, 4.69) is 20.9 Å². The first-order valence-corrected chi connectivity index (χ1v) is 9.64. The molecule has 3 aromatic rings. The predicted octanol–water partition coefficient (Wildman–Crippen LogP) is 4.20. The summed E-state index contributed by atoms with van der Waals surface area (Å²) in [4.78, 5) is 13.4. The van der Waals surface area contributed by atoms with Gasteiger partial charge in [0, 0.05) is 23.3 Å². The summed E-state index contributed by atoms with van der Waals surface area (Å²) in [7, 11) is 1.60. The van der Waals surface area contributed by atoms with Crippen molar-refractivity contribution in [2.24, 2.45) is 0 Å². The number of anilines is 2. The van der Waals surface area contributed by atoms with Gasteiger partial charge in [0.2, 0.25) is 11.6 Å². The summed E-state index contributed by atoms with van der Waals surface area (Å²) in [5.41, 5.74) is 3.11. The number of nitrogens with one attached hydrogen (secondary N) is 2. The molecule has 2 aliphatic rings. The van der Waals surface area contributed by atoms with E-state index in [-0.39, 0.29) is 17.5 Å². The molecule has 0 unspecified atom stereocenters. The first kappa shape index (κ1) is 18.4. The smallest absolute Gasteiger partial charge is 0.219 e. The van der Waals surface area contributed by atoms with Gasteiger partial charge >= 0.3 is 0 Å². The molecule has 1 aliphatic heterocycles. The number of aromatic nitrogens is 2. The molecule has 0 spiro atoms. The molecule has 0 amide bonds. The number of hydrogen-bond donors (Lipinski definition) is 2. The van der Waals surface area contributed by atoms with Crippen molar-refractivity contribution in [3.8, 4) is 5.75 Å². The minimum absolute atomic E-state index is 0.00331. The zero-order chi connectivity index (χ0) is 20.7. The first-order valence-electron chi connectivity index (χ1n) is 9.64. The largest absolute Gasteiger partial charge is 0.496 e. The molecule has 152 valence electrons. The summed E-state index contributed by atoms with van der Waals surface area (Å²) in [6.07, 6.45) is 0.904. The SMILES string of the molecule is COc1ccccc1[C@@H]1Nc2nonc2NC2=C1C(=O)C[C@H](c1ccc(F)cc1)C2. The molecular formula is C22H19FN4O3. The van der Waals surface area contributed by atoms with Gasteiger partial charge in [0.25, 0.3) is 0 Å². The molecule has 0 saturated heterocycles. The third-order valence-electron chi connectivity index (χ3n) is 5.63. The predicted molar refractivity (Wildman–Crippen MR) is 108 cm³/mol. The van der Waals surface area contributed by atoms with Crippen molar-refractivity contribution >= 4 is 17.4 Å². The molecule has 7 nitrogen and oxygen atoms in total. The van der Waals surface area contributed by atoms with Crippen LogP contribution in [0, 0.1) is 5.82 Å². The zero-order valence-corrected chi connectivity index (χ0v) is 16.2. The quantitative estimate of drug-likeness (QED) is 0.674. The fourth-order valence-corrected chi connectivity index (χ4v) is 4.21. The average Bonchev–Trinajstić information content (AvgIpc) is 3.13. The minimum Gasteiger partial charge on any atom is -0.496 e. The van der Waals surface area contributed by atoms with Crippen LogP contribution in [0.1, 0.15) is 35.9 Å². The number of nitrogens with zero attached hydrogens (tertiary/aromatic N) is 2. The maximum absolute atomic E-state index is 13.4. The molecule has 2 aromatic carbocycles. The summed E-state index contributed by atoms with van der Waals surface area (Å²) < 4.78 is 23.8. The van der Waals surface area contributed by atoms with Crippen LogP contribution in [0.4, 0.5) is 16.0 Å². The monoisotopic (exact) mass is 406 g/mol. The number of methoxy groups -OCH3 is 1. The Labute approximate surface area is 171 Å². The number of ether oxygens (including phenoxy) is 1. The maximum atomic E-state index is 13.4. The van der Waals surface area contributed by atoms with E-state index in [0.29, 0.717) is 35.8 Å². The molecule has 5 rings (SSSR count). The topological polar surface area (TPSA) is 89.3 Å². The molecule has 0 saturated carbocycles. The fourth-order valence-electron chi connectivity index (χ4n) is 4.21. The lowest BCUT2D eigenvalue weighted by molar-refractivity contribution is -0.116. The molecule has 8 heteroatoms. The average molecular weight is 406 g/mol. The zero-order valence-electron chi connectivity index (χ0n) is 16.2. The van der Waals surface area contributed by atoms with Crippen molar-refractivity contribution in [3.05, 3.63) is 76.7 Å². The molecule has 2 N–H and O–H groups in total. The molecule has 2 atom stereocenters. The second-order valence-corrected chi connectivity index (χ2v) is 7.38. The normalized spacial score (nSPS) is 20.5. The molecule has 0 fully saturated rings. The Morgan fingerprint density at radius 2 is 1.83 bits per heavy atom. The van der Waals surface area contributed by atoms with E-state index >= 15 is 0 Å². The highest BCUT2D eigenvalue weighted by molar-refractivity contribution is 6.01. The van der Waals surface area contributed by atoms with Gasteiger partial charge in [-0.05, 0) is 46.4 Å². The number of carbonyl (C=O) groups is 1. The number of halogens is 1. The van der Waals surface area contributed by atoms with E-state index in [0.717, 1.165) is 16.8 Å². The number of allylic oxidation sites excluding steroid dienone is 1. The van der Waals surface area contributed by atoms with Gasteiger partial charge in [0.1, 0.15) is 11.6 Å². The second-order valence-electron chi connectivity index (χ2n) is 7.38. The fraction of sp³-hybridized carbons (Fsp3) is 0.227. The van der Waals surface area contributed by atoms with E-state index in [1.54, 1.807) is 19.2 Å². The first-order chi connectivity index (χ1) is 14.6. The molecule has 1 aromatic heterocycles. The lowest BCUT2D eigenvalue weighted by Crippen LogP contribution is -2.27. The highest BCUT2D eigenvalue weighted by Crippen LogP contribution is 2.44. The van der Waals surface area contributed by atoms with Crippen LogP contribution < -0.4 is 15.4 Å². The van der Waals surface area contributed by atoms with E-state index in [4.69, 9.17) is 9.37 Å². The number of fused-ring (bicyclic) bond motifs is 1. The van der Waals surface area contributed by atoms with Gasteiger partial charge in [-0.2, -0.15) is 0 Å². The van der Waals surface area contributed by atoms with Crippen molar-refractivity contribution in [2.45, 2.75) is 24.8 Å². The van der Waals surface area contributed by atoms with E-state index in [1.807, 2.05) is 24.3 Å². The lowest BCUT2D eigenvalue weighted by atomic mass is 9.78. The van der Waals surface area contributed by atoms with Gasteiger partial charge < -0.3 is 15.4 Å². The van der Waals surface area contributed by atoms with Gasteiger partial charge in [0.15, 0.2) is 5.78 Å². The van der Waals surface area contributed by atoms with E-state index < -0.39 is 6.04 Å². The van der Waals surface area contributed by atoms with Gasteiger partial charge in [0.05, 0.1) is 13.2 Å². The van der Waals surface area contributed by atoms with Crippen LogP contribution >= 0.6 is 0 Å². The summed E-state index contributed by atoms with van der Waals surface area (Å²) in [6.45, 7) is 0. The van der Waals surface area contributed by atoms with Crippen LogP contribution in [0.3, 0.4) is 0 Å².